The van der Waals surface area contributed by atoms with Crippen LogP contribution in [0.3, 0.4) is 0 Å². The van der Waals surface area contributed by atoms with Crippen molar-refractivity contribution in [1.29, 1.82) is 0 Å². The molecule has 0 aliphatic carbocycles. The van der Waals surface area contributed by atoms with E-state index in [2.05, 4.69) is 76.7 Å². The fourth-order valence-electron chi connectivity index (χ4n) is 8.27. The van der Waals surface area contributed by atoms with Crippen molar-refractivity contribution in [3.63, 3.8) is 0 Å². The number of nitrogens with one attached hydrogen (secondary N) is 1. The quantitative estimate of drug-likeness (QED) is 0.150. The van der Waals surface area contributed by atoms with Gasteiger partial charge in [-0.25, -0.2) is 0 Å². The molecular formula is C46H50N4O7. The zero-order valence-electron chi connectivity index (χ0n) is 33.3. The van der Waals surface area contributed by atoms with Gasteiger partial charge in [0.05, 0.1) is 27.9 Å². The Morgan fingerprint density at radius 3 is 2.25 bits per heavy atom. The molecule has 4 aliphatic rings. The average molecular weight is 771 g/mol. The average Bonchev–Trinajstić information content (AvgIpc) is 3.23. The summed E-state index contributed by atoms with van der Waals surface area (Å²) in [5.74, 6) is 4.89. The van der Waals surface area contributed by atoms with Crippen molar-refractivity contribution >= 4 is 5.91 Å². The molecule has 2 atom stereocenters. The number of hydrogen-bond donors (Lipinski definition) is 1. The third kappa shape index (κ3) is 7.95. The normalized spacial score (nSPS) is 17.6. The van der Waals surface area contributed by atoms with E-state index in [1.54, 1.807) is 45.7 Å². The molecule has 5 heterocycles. The smallest absolute Gasteiger partial charge is 0.269 e. The first-order chi connectivity index (χ1) is 27.8. The highest BCUT2D eigenvalue weighted by Crippen LogP contribution is 2.52. The van der Waals surface area contributed by atoms with Gasteiger partial charge in [0.25, 0.3) is 5.91 Å². The second kappa shape index (κ2) is 16.8. The fourth-order valence-corrected chi connectivity index (χ4v) is 8.27. The largest absolute Gasteiger partial charge is 0.493 e. The molecule has 9 rings (SSSR count). The van der Waals surface area contributed by atoms with E-state index in [9.17, 15) is 4.79 Å². The molecule has 1 N–H and O–H groups in total. The third-order valence-electron chi connectivity index (χ3n) is 11.4. The zero-order valence-corrected chi connectivity index (χ0v) is 33.3. The molecule has 4 aromatic carbocycles. The Kier molecular flexibility index (Phi) is 11.2. The highest BCUT2D eigenvalue weighted by molar-refractivity contribution is 5.92. The molecule has 5 aromatic rings. The summed E-state index contributed by atoms with van der Waals surface area (Å²) in [7, 11) is 9.37. The van der Waals surface area contributed by atoms with E-state index in [1.807, 2.05) is 18.2 Å². The van der Waals surface area contributed by atoms with E-state index in [-0.39, 0.29) is 18.0 Å². The van der Waals surface area contributed by atoms with Gasteiger partial charge in [-0.2, -0.15) is 0 Å². The van der Waals surface area contributed by atoms with Gasteiger partial charge < -0.3 is 33.7 Å². The van der Waals surface area contributed by atoms with E-state index in [0.717, 1.165) is 54.8 Å². The number of rotatable bonds is 9. The highest BCUT2D eigenvalue weighted by atomic mass is 16.5. The second-order valence-electron chi connectivity index (χ2n) is 14.9. The van der Waals surface area contributed by atoms with Crippen molar-refractivity contribution < 1.29 is 33.2 Å². The Morgan fingerprint density at radius 1 is 0.772 bits per heavy atom. The number of nitrogens with zero attached hydrogens (tertiary/aromatic N) is 3. The van der Waals surface area contributed by atoms with Crippen LogP contribution in [0.4, 0.5) is 0 Å². The lowest BCUT2D eigenvalue weighted by Crippen LogP contribution is -2.34. The molecule has 1 amide bonds. The number of pyridine rings is 1. The number of carbonyl (C=O) groups excluding carboxylic acids is 1. The lowest BCUT2D eigenvalue weighted by atomic mass is 9.87. The Balaban J connectivity index is 1.18. The molecular weight excluding hydrogens is 721 g/mol. The van der Waals surface area contributed by atoms with Gasteiger partial charge >= 0.3 is 0 Å². The second-order valence-corrected chi connectivity index (χ2v) is 14.9. The van der Waals surface area contributed by atoms with Gasteiger partial charge in [-0.3, -0.25) is 19.6 Å². The van der Waals surface area contributed by atoms with E-state index in [4.69, 9.17) is 28.4 Å². The van der Waals surface area contributed by atoms with Crippen molar-refractivity contribution in [1.82, 2.24) is 20.1 Å². The van der Waals surface area contributed by atoms with Crippen LogP contribution < -0.4 is 33.7 Å². The number of fused-ring (bicyclic) bond motifs is 2. The maximum absolute atomic E-state index is 12.5. The Morgan fingerprint density at radius 2 is 1.49 bits per heavy atom. The van der Waals surface area contributed by atoms with Crippen molar-refractivity contribution in [3.05, 3.63) is 124 Å². The number of amides is 1. The number of ether oxygens (including phenoxy) is 6. The van der Waals surface area contributed by atoms with Gasteiger partial charge in [0, 0.05) is 43.5 Å². The van der Waals surface area contributed by atoms with E-state index in [0.29, 0.717) is 71.9 Å². The fraction of sp³-hybridized carbons (Fsp3) is 0.348. The van der Waals surface area contributed by atoms with Crippen LogP contribution in [0.5, 0.6) is 46.0 Å². The number of aromatic nitrogens is 1. The standard InChI is InChI=1S/C46H50N4O7/c1-49-20-16-31-26-39(52-3)41-28-34(31)36(49)23-29-10-13-33(14-11-29)56-40-25-30(12-15-38(40)55-22-8-19-48-46(51)35-9-6-7-18-47-35)24-37-43-32(17-21-50(37)2)27-42(53-4)44(54-5)45(43)57-41/h6-7,9-15,18,25-28,36-37H,8,16-17,19-24H2,1-5H3,(H,48,51)/t36-,37+/m0/s1. The van der Waals surface area contributed by atoms with E-state index >= 15 is 0 Å². The number of hydrogen-bond acceptors (Lipinski definition) is 10. The van der Waals surface area contributed by atoms with Crippen LogP contribution in [0, 0.1) is 0 Å². The van der Waals surface area contributed by atoms with Gasteiger partial charge in [0.1, 0.15) is 11.4 Å². The Labute approximate surface area is 334 Å². The van der Waals surface area contributed by atoms with Crippen molar-refractivity contribution in [2.75, 3.05) is 61.7 Å². The van der Waals surface area contributed by atoms with Crippen molar-refractivity contribution in [2.24, 2.45) is 0 Å². The van der Waals surface area contributed by atoms with Crippen LogP contribution in [0.1, 0.15) is 62.4 Å². The molecule has 0 saturated heterocycles. The molecule has 0 radical (unpaired) electrons. The summed E-state index contributed by atoms with van der Waals surface area (Å²) in [6.07, 6.45) is 5.43. The van der Waals surface area contributed by atoms with Crippen LogP contribution in [0.2, 0.25) is 0 Å². The van der Waals surface area contributed by atoms with Crippen LogP contribution in [-0.2, 0) is 25.7 Å². The lowest BCUT2D eigenvalue weighted by Gasteiger charge is -2.37. The van der Waals surface area contributed by atoms with Crippen LogP contribution in [0.25, 0.3) is 0 Å². The minimum absolute atomic E-state index is 0.0634. The monoisotopic (exact) mass is 770 g/mol. The summed E-state index contributed by atoms with van der Waals surface area (Å²) < 4.78 is 38.1. The maximum Gasteiger partial charge on any atom is 0.269 e. The number of likely N-dealkylation sites (N-methyl/N-ethyl adjacent to an activating group) is 2. The number of benzene rings is 4. The predicted molar refractivity (Wildman–Crippen MR) is 218 cm³/mol. The van der Waals surface area contributed by atoms with Gasteiger partial charge in [-0.1, -0.05) is 24.3 Å². The van der Waals surface area contributed by atoms with Gasteiger partial charge in [-0.15, -0.1) is 0 Å². The minimum atomic E-state index is -0.208. The van der Waals surface area contributed by atoms with E-state index in [1.165, 1.54) is 16.7 Å². The topological polar surface area (TPSA) is 104 Å². The lowest BCUT2D eigenvalue weighted by molar-refractivity contribution is 0.0946. The molecule has 296 valence electrons. The van der Waals surface area contributed by atoms with Crippen LogP contribution >= 0.6 is 0 Å². The molecule has 0 unspecified atom stereocenters. The SMILES string of the molecule is COc1cc2c3cc1Oc1c(OC)c(OC)cc4c1[C@@H](Cc1ccc(OCCCNC(=O)c5ccccn5)c(c1)Oc1ccc(cc1)C[C@@H]3N(C)CC2)N(C)CC4. The summed E-state index contributed by atoms with van der Waals surface area (Å²) in [5.41, 5.74) is 7.34. The highest BCUT2D eigenvalue weighted by Gasteiger charge is 2.35. The molecule has 0 saturated carbocycles. The first kappa shape index (κ1) is 38.1. The van der Waals surface area contributed by atoms with Crippen LogP contribution in [-0.4, -0.2) is 82.4 Å². The van der Waals surface area contributed by atoms with Gasteiger partial charge in [0.15, 0.2) is 34.5 Å². The molecule has 11 heteroatoms. The van der Waals surface area contributed by atoms with Gasteiger partial charge in [0.2, 0.25) is 5.75 Å². The molecule has 1 aromatic heterocycles. The molecule has 0 spiro atoms. The summed E-state index contributed by atoms with van der Waals surface area (Å²) in [6.45, 7) is 2.63. The summed E-state index contributed by atoms with van der Waals surface area (Å²) in [6, 6.07) is 26.2. The molecule has 11 nitrogen and oxygen atoms in total. The minimum Gasteiger partial charge on any atom is -0.493 e. The van der Waals surface area contributed by atoms with Gasteiger partial charge in [-0.05, 0) is 129 Å². The van der Waals surface area contributed by atoms with Crippen molar-refractivity contribution in [2.45, 2.75) is 44.2 Å². The maximum atomic E-state index is 12.5. The molecule has 57 heavy (non-hydrogen) atoms. The zero-order chi connectivity index (χ0) is 39.5. The Hall–Kier alpha value is -5.78. The molecule has 6 bridgehead atoms. The summed E-state index contributed by atoms with van der Waals surface area (Å²) >= 11 is 0. The molecule has 0 fully saturated rings. The van der Waals surface area contributed by atoms with Crippen LogP contribution in [0.15, 0.2) is 85.1 Å². The van der Waals surface area contributed by atoms with Crippen molar-refractivity contribution in [3.8, 4) is 46.0 Å². The first-order valence-electron chi connectivity index (χ1n) is 19.6. The predicted octanol–water partition coefficient (Wildman–Crippen LogP) is 7.75. The van der Waals surface area contributed by atoms with E-state index < -0.39 is 0 Å². The number of carbonyl (C=O) groups is 1. The Bertz CT molecular complexity index is 2230. The third-order valence-corrected chi connectivity index (χ3v) is 11.4. The summed E-state index contributed by atoms with van der Waals surface area (Å²) in [5, 5.41) is 2.93. The summed E-state index contributed by atoms with van der Waals surface area (Å²) in [4.78, 5) is 21.4. The molecule has 4 aliphatic heterocycles. The number of methoxy groups -OCH3 is 3. The first-order valence-corrected chi connectivity index (χ1v) is 19.6.